The van der Waals surface area contributed by atoms with Gasteiger partial charge in [0, 0.05) is 43.9 Å². The Bertz CT molecular complexity index is 571. The van der Waals surface area contributed by atoms with Crippen molar-refractivity contribution in [1.29, 1.82) is 0 Å². The second-order valence-corrected chi connectivity index (χ2v) is 5.89. The summed E-state index contributed by atoms with van der Waals surface area (Å²) in [6, 6.07) is 5.88. The zero-order valence-corrected chi connectivity index (χ0v) is 12.3. The number of amides is 2. The summed E-state index contributed by atoms with van der Waals surface area (Å²) in [4.78, 5) is 25.5. The maximum atomic E-state index is 12.4. The fourth-order valence-corrected chi connectivity index (χ4v) is 3.01. The normalized spacial score (nSPS) is 21.5. The van der Waals surface area contributed by atoms with Gasteiger partial charge in [-0.25, -0.2) is 0 Å². The van der Waals surface area contributed by atoms with Gasteiger partial charge in [0.25, 0.3) is 5.91 Å². The van der Waals surface area contributed by atoms with Gasteiger partial charge in [-0.05, 0) is 43.0 Å². The molecule has 1 aromatic carbocycles. The number of anilines is 1. The first kappa shape index (κ1) is 13.9. The fourth-order valence-electron chi connectivity index (χ4n) is 3.01. The van der Waals surface area contributed by atoms with Crippen LogP contribution in [0.5, 0.6) is 0 Å². The Labute approximate surface area is 124 Å². The standard InChI is InChI=1S/C16H21N3O2/c1-19-10-13(5-7-15(19)20)18-16(21)12-4-6-14-11(9-12)3-2-8-17-14/h4,6,9,13,17H,2-3,5,7-8,10H2,1H3,(H,18,21). The molecule has 1 fully saturated rings. The lowest BCUT2D eigenvalue weighted by molar-refractivity contribution is -0.132. The molecule has 21 heavy (non-hydrogen) atoms. The number of aryl methyl sites for hydroxylation is 1. The monoisotopic (exact) mass is 287 g/mol. The van der Waals surface area contributed by atoms with Crippen molar-refractivity contribution < 1.29 is 9.59 Å². The van der Waals surface area contributed by atoms with Crippen molar-refractivity contribution in [2.24, 2.45) is 0 Å². The number of likely N-dealkylation sites (tertiary alicyclic amines) is 1. The van der Waals surface area contributed by atoms with Crippen LogP contribution in [0.2, 0.25) is 0 Å². The number of benzene rings is 1. The van der Waals surface area contributed by atoms with Gasteiger partial charge in [0.2, 0.25) is 5.91 Å². The Balaban J connectivity index is 1.67. The molecule has 1 unspecified atom stereocenters. The van der Waals surface area contributed by atoms with Crippen molar-refractivity contribution in [3.63, 3.8) is 0 Å². The van der Waals surface area contributed by atoms with E-state index in [1.54, 1.807) is 11.9 Å². The van der Waals surface area contributed by atoms with E-state index in [-0.39, 0.29) is 17.9 Å². The van der Waals surface area contributed by atoms with E-state index >= 15 is 0 Å². The summed E-state index contributed by atoms with van der Waals surface area (Å²) >= 11 is 0. The SMILES string of the molecule is CN1CC(NC(=O)c2ccc3c(c2)CCCN3)CCC1=O. The molecule has 1 saturated heterocycles. The van der Waals surface area contributed by atoms with Crippen LogP contribution in [0, 0.1) is 0 Å². The molecule has 3 rings (SSSR count). The molecule has 0 saturated carbocycles. The molecule has 112 valence electrons. The van der Waals surface area contributed by atoms with Crippen molar-refractivity contribution >= 4 is 17.5 Å². The highest BCUT2D eigenvalue weighted by Crippen LogP contribution is 2.23. The number of fused-ring (bicyclic) bond motifs is 1. The summed E-state index contributed by atoms with van der Waals surface area (Å²) in [6.07, 6.45) is 3.36. The van der Waals surface area contributed by atoms with Crippen LogP contribution >= 0.6 is 0 Å². The quantitative estimate of drug-likeness (QED) is 0.864. The molecule has 2 N–H and O–H groups in total. The van der Waals surface area contributed by atoms with E-state index in [0.29, 0.717) is 18.5 Å². The lowest BCUT2D eigenvalue weighted by Gasteiger charge is -2.30. The molecule has 0 aromatic heterocycles. The van der Waals surface area contributed by atoms with Crippen LogP contribution in [0.25, 0.3) is 0 Å². The van der Waals surface area contributed by atoms with Crippen LogP contribution in [-0.2, 0) is 11.2 Å². The third-order valence-corrected chi connectivity index (χ3v) is 4.27. The van der Waals surface area contributed by atoms with Gasteiger partial charge < -0.3 is 15.5 Å². The maximum Gasteiger partial charge on any atom is 0.251 e. The minimum Gasteiger partial charge on any atom is -0.385 e. The number of piperidine rings is 1. The molecule has 1 aromatic rings. The summed E-state index contributed by atoms with van der Waals surface area (Å²) in [5, 5.41) is 6.38. The summed E-state index contributed by atoms with van der Waals surface area (Å²) < 4.78 is 0. The lowest BCUT2D eigenvalue weighted by Crippen LogP contribution is -2.48. The van der Waals surface area contributed by atoms with E-state index in [1.165, 1.54) is 5.56 Å². The topological polar surface area (TPSA) is 61.4 Å². The van der Waals surface area contributed by atoms with E-state index in [9.17, 15) is 9.59 Å². The second-order valence-electron chi connectivity index (χ2n) is 5.89. The van der Waals surface area contributed by atoms with Crippen LogP contribution in [0.4, 0.5) is 5.69 Å². The number of hydrogen-bond acceptors (Lipinski definition) is 3. The molecular formula is C16H21N3O2. The molecule has 2 amide bonds. The maximum absolute atomic E-state index is 12.4. The van der Waals surface area contributed by atoms with Crippen LogP contribution in [0.3, 0.4) is 0 Å². The number of hydrogen-bond donors (Lipinski definition) is 2. The highest BCUT2D eigenvalue weighted by Gasteiger charge is 2.24. The van der Waals surface area contributed by atoms with Crippen molar-refractivity contribution in [2.45, 2.75) is 31.7 Å². The summed E-state index contributed by atoms with van der Waals surface area (Å²) in [7, 11) is 1.78. The van der Waals surface area contributed by atoms with Gasteiger partial charge in [-0.2, -0.15) is 0 Å². The predicted octanol–water partition coefficient (Wildman–Crippen LogP) is 1.40. The smallest absolute Gasteiger partial charge is 0.251 e. The highest BCUT2D eigenvalue weighted by atomic mass is 16.2. The van der Waals surface area contributed by atoms with Crippen molar-refractivity contribution in [3.05, 3.63) is 29.3 Å². The number of rotatable bonds is 2. The molecule has 0 aliphatic carbocycles. The van der Waals surface area contributed by atoms with E-state index < -0.39 is 0 Å². The fraction of sp³-hybridized carbons (Fsp3) is 0.500. The zero-order chi connectivity index (χ0) is 14.8. The lowest BCUT2D eigenvalue weighted by atomic mass is 10.00. The Morgan fingerprint density at radius 2 is 2.24 bits per heavy atom. The van der Waals surface area contributed by atoms with Gasteiger partial charge in [0.15, 0.2) is 0 Å². The van der Waals surface area contributed by atoms with Crippen molar-refractivity contribution in [3.8, 4) is 0 Å². The Kier molecular flexibility index (Phi) is 3.82. The molecule has 1 atom stereocenters. The summed E-state index contributed by atoms with van der Waals surface area (Å²) in [5.74, 6) is 0.108. The van der Waals surface area contributed by atoms with E-state index in [0.717, 1.165) is 31.5 Å². The van der Waals surface area contributed by atoms with E-state index in [4.69, 9.17) is 0 Å². The summed E-state index contributed by atoms with van der Waals surface area (Å²) in [5.41, 5.74) is 3.06. The molecule has 2 aliphatic rings. The minimum atomic E-state index is -0.0453. The van der Waals surface area contributed by atoms with Gasteiger partial charge in [-0.3, -0.25) is 9.59 Å². The van der Waals surface area contributed by atoms with Crippen LogP contribution in [0.1, 0.15) is 35.2 Å². The van der Waals surface area contributed by atoms with Gasteiger partial charge in [0.1, 0.15) is 0 Å². The second kappa shape index (κ2) is 5.76. The average molecular weight is 287 g/mol. The molecular weight excluding hydrogens is 266 g/mol. The molecule has 0 bridgehead atoms. The Morgan fingerprint density at radius 3 is 3.05 bits per heavy atom. The molecule has 2 heterocycles. The van der Waals surface area contributed by atoms with Gasteiger partial charge in [0.05, 0.1) is 0 Å². The first-order valence-electron chi connectivity index (χ1n) is 7.55. The molecule has 0 radical (unpaired) electrons. The largest absolute Gasteiger partial charge is 0.385 e. The Morgan fingerprint density at radius 1 is 1.38 bits per heavy atom. The number of nitrogens with one attached hydrogen (secondary N) is 2. The van der Waals surface area contributed by atoms with Crippen LogP contribution in [0.15, 0.2) is 18.2 Å². The highest BCUT2D eigenvalue weighted by molar-refractivity contribution is 5.95. The minimum absolute atomic E-state index is 0.0453. The van der Waals surface area contributed by atoms with Gasteiger partial charge in [-0.1, -0.05) is 0 Å². The van der Waals surface area contributed by atoms with Crippen LogP contribution < -0.4 is 10.6 Å². The predicted molar refractivity (Wildman–Crippen MR) is 81.4 cm³/mol. The first-order chi connectivity index (χ1) is 10.1. The first-order valence-corrected chi connectivity index (χ1v) is 7.55. The molecule has 5 nitrogen and oxygen atoms in total. The third kappa shape index (κ3) is 3.01. The molecule has 2 aliphatic heterocycles. The Hall–Kier alpha value is -2.04. The third-order valence-electron chi connectivity index (χ3n) is 4.27. The van der Waals surface area contributed by atoms with Gasteiger partial charge in [-0.15, -0.1) is 0 Å². The number of carbonyl (C=O) groups is 2. The van der Waals surface area contributed by atoms with E-state index in [2.05, 4.69) is 10.6 Å². The van der Waals surface area contributed by atoms with Crippen LogP contribution in [-0.4, -0.2) is 42.9 Å². The average Bonchev–Trinajstić information content (AvgIpc) is 2.50. The van der Waals surface area contributed by atoms with Gasteiger partial charge >= 0.3 is 0 Å². The van der Waals surface area contributed by atoms with Crippen molar-refractivity contribution in [1.82, 2.24) is 10.2 Å². The number of carbonyl (C=O) groups excluding carboxylic acids is 2. The summed E-state index contributed by atoms with van der Waals surface area (Å²) in [6.45, 7) is 1.60. The molecule has 5 heteroatoms. The van der Waals surface area contributed by atoms with E-state index in [1.807, 2.05) is 18.2 Å². The van der Waals surface area contributed by atoms with Crippen molar-refractivity contribution in [2.75, 3.05) is 25.5 Å². The number of nitrogens with zero attached hydrogens (tertiary/aromatic N) is 1. The zero-order valence-electron chi connectivity index (χ0n) is 12.3. The number of likely N-dealkylation sites (N-methyl/N-ethyl adjacent to an activating group) is 1. The molecule has 0 spiro atoms.